The Morgan fingerprint density at radius 3 is 2.68 bits per heavy atom. The van der Waals surface area contributed by atoms with E-state index in [0.717, 1.165) is 35.3 Å². The summed E-state index contributed by atoms with van der Waals surface area (Å²) in [5.41, 5.74) is 1.55. The van der Waals surface area contributed by atoms with Crippen molar-refractivity contribution in [3.8, 4) is 5.75 Å². The quantitative estimate of drug-likeness (QED) is 0.403. The zero-order valence-electron chi connectivity index (χ0n) is 17.6. The molecular weight excluding hydrogens is 428 g/mol. The van der Waals surface area contributed by atoms with Gasteiger partial charge in [0.15, 0.2) is 5.03 Å². The number of nitrogens with zero attached hydrogens (tertiary/aromatic N) is 1. The topological polar surface area (TPSA) is 72.0 Å². The number of fused-ring (bicyclic) bond motifs is 4. The number of thiol groups is 1. The van der Waals surface area contributed by atoms with Crippen molar-refractivity contribution in [3.05, 3.63) is 60.2 Å². The van der Waals surface area contributed by atoms with Crippen LogP contribution >= 0.6 is 12.6 Å². The summed E-state index contributed by atoms with van der Waals surface area (Å²) >= 11 is 4.34. The van der Waals surface area contributed by atoms with Gasteiger partial charge in [0, 0.05) is 16.3 Å². The predicted octanol–water partition coefficient (Wildman–Crippen LogP) is 5.45. The number of hydrogen-bond acceptors (Lipinski definition) is 5. The molecule has 0 aliphatic carbocycles. The number of ether oxygens (including phenoxy) is 1. The van der Waals surface area contributed by atoms with E-state index in [1.165, 1.54) is 0 Å². The van der Waals surface area contributed by atoms with Crippen molar-refractivity contribution in [1.29, 1.82) is 0 Å². The molecule has 162 valence electrons. The monoisotopic (exact) mass is 454 g/mol. The van der Waals surface area contributed by atoms with Crippen LogP contribution in [0.1, 0.15) is 25.8 Å². The fraction of sp³-hybridized carbons (Fsp3) is 0.292. The average molecular weight is 455 g/mol. The Hall–Kier alpha value is -2.51. The Morgan fingerprint density at radius 2 is 1.87 bits per heavy atom. The Bertz CT molecular complexity index is 1320. The standard InChI is InChI=1S/C22H20N2O3S2.C2H6/c25-29(26,20-7-3-5-15-4-1-2-6-16(15)20)22-21-17-12-14(10-11-28)13-27-19(17)9-8-18(21)23-24-22;1-2/h1-9,14,28H,10-13H2,(H,23,24);1-2H3. The molecule has 3 aromatic carbocycles. The molecule has 0 spiro atoms. The van der Waals surface area contributed by atoms with Gasteiger partial charge < -0.3 is 4.74 Å². The molecule has 0 saturated heterocycles. The van der Waals surface area contributed by atoms with Gasteiger partial charge in [-0.15, -0.1) is 0 Å². The fourth-order valence-corrected chi connectivity index (χ4v) is 6.11. The van der Waals surface area contributed by atoms with Crippen LogP contribution in [0.5, 0.6) is 5.75 Å². The first-order valence-corrected chi connectivity index (χ1v) is 12.7. The van der Waals surface area contributed by atoms with E-state index in [9.17, 15) is 8.42 Å². The number of H-pyrrole nitrogens is 1. The van der Waals surface area contributed by atoms with Crippen LogP contribution in [0.3, 0.4) is 0 Å². The van der Waals surface area contributed by atoms with Crippen molar-refractivity contribution in [2.75, 3.05) is 12.4 Å². The molecule has 1 aliphatic rings. The largest absolute Gasteiger partial charge is 0.493 e. The Kier molecular flexibility index (Phi) is 6.25. The third-order valence-corrected chi connectivity index (χ3v) is 7.59. The summed E-state index contributed by atoms with van der Waals surface area (Å²) in [6.07, 6.45) is 1.67. The molecule has 0 fully saturated rings. The summed E-state index contributed by atoms with van der Waals surface area (Å²) in [7, 11) is -3.80. The number of nitrogens with one attached hydrogen (secondary N) is 1. The van der Waals surface area contributed by atoms with Crippen LogP contribution < -0.4 is 4.74 Å². The molecule has 1 aromatic heterocycles. The van der Waals surface area contributed by atoms with Crippen LogP contribution in [-0.2, 0) is 16.3 Å². The molecule has 2 heterocycles. The van der Waals surface area contributed by atoms with Crippen LogP contribution in [0.15, 0.2) is 64.5 Å². The molecule has 0 radical (unpaired) electrons. The maximum Gasteiger partial charge on any atom is 0.224 e. The molecule has 0 bridgehead atoms. The zero-order valence-corrected chi connectivity index (χ0v) is 19.3. The lowest BCUT2D eigenvalue weighted by Gasteiger charge is -2.25. The minimum absolute atomic E-state index is 0.135. The van der Waals surface area contributed by atoms with Gasteiger partial charge in [0.25, 0.3) is 0 Å². The van der Waals surface area contributed by atoms with E-state index < -0.39 is 9.84 Å². The number of hydrogen-bond donors (Lipinski definition) is 2. The normalized spacial score (nSPS) is 15.8. The van der Waals surface area contributed by atoms with E-state index in [1.54, 1.807) is 12.1 Å². The lowest BCUT2D eigenvalue weighted by atomic mass is 9.92. The molecular formula is C24H26N2O3S2. The lowest BCUT2D eigenvalue weighted by Crippen LogP contribution is -2.21. The highest BCUT2D eigenvalue weighted by atomic mass is 32.2. The van der Waals surface area contributed by atoms with Gasteiger partial charge in [0.2, 0.25) is 9.84 Å². The molecule has 1 aliphatic heterocycles. The third-order valence-electron chi connectivity index (χ3n) is 5.57. The second-order valence-electron chi connectivity index (χ2n) is 7.36. The van der Waals surface area contributed by atoms with Crippen LogP contribution in [0.4, 0.5) is 0 Å². The zero-order chi connectivity index (χ0) is 22.0. The van der Waals surface area contributed by atoms with E-state index in [4.69, 9.17) is 4.74 Å². The van der Waals surface area contributed by atoms with Crippen molar-refractivity contribution in [3.63, 3.8) is 0 Å². The highest BCUT2D eigenvalue weighted by molar-refractivity contribution is 7.91. The SMILES string of the molecule is CC.O=S(=O)(c1cccc2ccccc12)c1[nH]nc2ccc3c(c12)CC(CCS)CO3. The summed E-state index contributed by atoms with van der Waals surface area (Å²) in [5.74, 6) is 1.82. The van der Waals surface area contributed by atoms with Crippen LogP contribution in [0, 0.1) is 5.92 Å². The van der Waals surface area contributed by atoms with E-state index >= 15 is 0 Å². The summed E-state index contributed by atoms with van der Waals surface area (Å²) in [6.45, 7) is 4.63. The molecule has 5 rings (SSSR count). The number of sulfone groups is 1. The van der Waals surface area contributed by atoms with Gasteiger partial charge in [0.1, 0.15) is 5.75 Å². The smallest absolute Gasteiger partial charge is 0.224 e. The van der Waals surface area contributed by atoms with E-state index in [-0.39, 0.29) is 9.92 Å². The van der Waals surface area contributed by atoms with Crippen LogP contribution in [0.2, 0.25) is 0 Å². The average Bonchev–Trinajstić information content (AvgIpc) is 3.26. The summed E-state index contributed by atoms with van der Waals surface area (Å²) < 4.78 is 33.3. The van der Waals surface area contributed by atoms with Gasteiger partial charge in [-0.25, -0.2) is 8.42 Å². The number of benzene rings is 3. The van der Waals surface area contributed by atoms with Gasteiger partial charge in [-0.3, -0.25) is 5.10 Å². The van der Waals surface area contributed by atoms with Crippen LogP contribution in [0.25, 0.3) is 21.7 Å². The number of aromatic nitrogens is 2. The van der Waals surface area contributed by atoms with Crippen molar-refractivity contribution in [1.82, 2.24) is 10.2 Å². The highest BCUT2D eigenvalue weighted by Gasteiger charge is 2.30. The molecule has 5 nitrogen and oxygen atoms in total. The first-order chi connectivity index (χ1) is 15.1. The Labute approximate surface area is 188 Å². The Balaban J connectivity index is 0.00000112. The molecule has 1 unspecified atom stereocenters. The molecule has 0 amide bonds. The highest BCUT2D eigenvalue weighted by Crippen LogP contribution is 2.39. The second kappa shape index (κ2) is 8.93. The molecule has 1 atom stereocenters. The van der Waals surface area contributed by atoms with Crippen LogP contribution in [-0.4, -0.2) is 31.0 Å². The fourth-order valence-electron chi connectivity index (χ4n) is 4.13. The van der Waals surface area contributed by atoms with Gasteiger partial charge in [-0.1, -0.05) is 50.2 Å². The number of aromatic amines is 1. The second-order valence-corrected chi connectivity index (χ2v) is 9.67. The van der Waals surface area contributed by atoms with Crippen molar-refractivity contribution < 1.29 is 13.2 Å². The maximum atomic E-state index is 13.7. The molecule has 1 N–H and O–H groups in total. The first-order valence-electron chi connectivity index (χ1n) is 10.6. The van der Waals surface area contributed by atoms with Crippen molar-refractivity contribution >= 4 is 44.1 Å². The van der Waals surface area contributed by atoms with Gasteiger partial charge in [-0.2, -0.15) is 17.7 Å². The summed E-state index contributed by atoms with van der Waals surface area (Å²) in [5, 5.41) is 9.46. The minimum atomic E-state index is -3.80. The van der Waals surface area contributed by atoms with Gasteiger partial charge in [-0.05, 0) is 48.1 Å². The van der Waals surface area contributed by atoms with Gasteiger partial charge in [0.05, 0.1) is 17.0 Å². The number of rotatable bonds is 4. The van der Waals surface area contributed by atoms with E-state index in [1.807, 2.05) is 56.3 Å². The summed E-state index contributed by atoms with van der Waals surface area (Å²) in [4.78, 5) is 0.280. The predicted molar refractivity (Wildman–Crippen MR) is 128 cm³/mol. The maximum absolute atomic E-state index is 13.7. The Morgan fingerprint density at radius 1 is 1.10 bits per heavy atom. The summed E-state index contributed by atoms with van der Waals surface area (Å²) in [6, 6.07) is 16.5. The minimum Gasteiger partial charge on any atom is -0.493 e. The van der Waals surface area contributed by atoms with Gasteiger partial charge >= 0.3 is 0 Å². The van der Waals surface area contributed by atoms with E-state index in [2.05, 4.69) is 22.8 Å². The molecule has 4 aromatic rings. The van der Waals surface area contributed by atoms with Crippen molar-refractivity contribution in [2.24, 2.45) is 5.92 Å². The first kappa shape index (κ1) is 21.7. The molecule has 0 saturated carbocycles. The molecule has 7 heteroatoms. The third kappa shape index (κ3) is 3.81. The van der Waals surface area contributed by atoms with Crippen molar-refractivity contribution in [2.45, 2.75) is 36.6 Å². The lowest BCUT2D eigenvalue weighted by molar-refractivity contribution is 0.220. The van der Waals surface area contributed by atoms with E-state index in [0.29, 0.717) is 28.8 Å². The molecule has 31 heavy (non-hydrogen) atoms.